The fourth-order valence-electron chi connectivity index (χ4n) is 1.60. The first kappa shape index (κ1) is 11.1. The van der Waals surface area contributed by atoms with Crippen LogP contribution in [0.5, 0.6) is 0 Å². The van der Waals surface area contributed by atoms with Crippen molar-refractivity contribution in [2.24, 2.45) is 0 Å². The third kappa shape index (κ3) is 2.83. The molecule has 0 aliphatic heterocycles. The average molecular weight is 266 g/mol. The molecule has 0 unspecified atom stereocenters. The van der Waals surface area contributed by atoms with Crippen molar-refractivity contribution < 1.29 is 0 Å². The van der Waals surface area contributed by atoms with E-state index < -0.39 is 0 Å². The van der Waals surface area contributed by atoms with Gasteiger partial charge in [0.15, 0.2) is 0 Å². The highest BCUT2D eigenvalue weighted by molar-refractivity contribution is 7.19. The molecule has 17 heavy (non-hydrogen) atoms. The van der Waals surface area contributed by atoms with Crippen LogP contribution in [0.1, 0.15) is 18.7 Å². The van der Waals surface area contributed by atoms with Crippen LogP contribution in [0.2, 0.25) is 4.34 Å². The zero-order valence-corrected chi connectivity index (χ0v) is 10.8. The van der Waals surface area contributed by atoms with Crippen LogP contribution in [0.4, 0.5) is 0 Å². The minimum atomic E-state index is 0.679. The zero-order valence-electron chi connectivity index (χ0n) is 9.19. The molecule has 3 nitrogen and oxygen atoms in total. The lowest BCUT2D eigenvalue weighted by Crippen LogP contribution is -2.17. The van der Waals surface area contributed by atoms with E-state index in [1.165, 1.54) is 12.8 Å². The van der Waals surface area contributed by atoms with Crippen molar-refractivity contribution in [2.75, 3.05) is 0 Å². The lowest BCUT2D eigenvalue weighted by molar-refractivity contribution is 0.658. The van der Waals surface area contributed by atoms with Gasteiger partial charge < -0.3 is 5.32 Å². The Morgan fingerprint density at radius 2 is 2.24 bits per heavy atom. The summed E-state index contributed by atoms with van der Waals surface area (Å²) in [5.41, 5.74) is 0.949. The van der Waals surface area contributed by atoms with Gasteiger partial charge in [0.05, 0.1) is 21.5 Å². The Bertz CT molecular complexity index is 522. The molecule has 0 aromatic carbocycles. The molecule has 2 heterocycles. The quantitative estimate of drug-likeness (QED) is 0.923. The molecule has 1 aliphatic carbocycles. The van der Waals surface area contributed by atoms with E-state index in [-0.39, 0.29) is 0 Å². The molecule has 0 spiro atoms. The van der Waals surface area contributed by atoms with Crippen molar-refractivity contribution >= 4 is 22.9 Å². The lowest BCUT2D eigenvalue weighted by atomic mass is 10.3. The van der Waals surface area contributed by atoms with E-state index in [1.54, 1.807) is 17.5 Å². The first-order chi connectivity index (χ1) is 8.31. The average Bonchev–Trinajstić information content (AvgIpc) is 3.08. The minimum absolute atomic E-state index is 0.679. The molecule has 2 aromatic heterocycles. The van der Waals surface area contributed by atoms with Gasteiger partial charge in [0.1, 0.15) is 5.82 Å². The molecule has 88 valence electrons. The third-order valence-electron chi connectivity index (χ3n) is 2.66. The Kier molecular flexibility index (Phi) is 3.09. The summed E-state index contributed by atoms with van der Waals surface area (Å²) in [5, 5.41) is 3.41. The molecule has 0 bridgehead atoms. The van der Waals surface area contributed by atoms with E-state index >= 15 is 0 Å². The number of aromatic nitrogens is 2. The fourth-order valence-corrected chi connectivity index (χ4v) is 2.61. The SMILES string of the molecule is Clc1ccc(-c2ccnc(CNC3CC3)n2)s1. The smallest absolute Gasteiger partial charge is 0.142 e. The molecule has 0 radical (unpaired) electrons. The van der Waals surface area contributed by atoms with Crippen molar-refractivity contribution in [3.05, 3.63) is 34.6 Å². The second-order valence-electron chi connectivity index (χ2n) is 4.12. The monoisotopic (exact) mass is 265 g/mol. The maximum Gasteiger partial charge on any atom is 0.142 e. The summed E-state index contributed by atoms with van der Waals surface area (Å²) in [6.07, 6.45) is 4.36. The molecule has 0 amide bonds. The fraction of sp³-hybridized carbons (Fsp3) is 0.333. The molecule has 1 aliphatic rings. The van der Waals surface area contributed by atoms with Gasteiger partial charge >= 0.3 is 0 Å². The van der Waals surface area contributed by atoms with E-state index in [1.807, 2.05) is 18.2 Å². The van der Waals surface area contributed by atoms with E-state index in [2.05, 4.69) is 15.3 Å². The van der Waals surface area contributed by atoms with Crippen LogP contribution >= 0.6 is 22.9 Å². The summed E-state index contributed by atoms with van der Waals surface area (Å²) in [5.74, 6) is 0.846. The topological polar surface area (TPSA) is 37.8 Å². The Morgan fingerprint density at radius 1 is 1.35 bits per heavy atom. The highest BCUT2D eigenvalue weighted by Crippen LogP contribution is 2.29. The number of nitrogens with one attached hydrogen (secondary N) is 1. The molecule has 3 rings (SSSR count). The number of halogens is 1. The Labute approximate surface area is 109 Å². The number of hydrogen-bond acceptors (Lipinski definition) is 4. The van der Waals surface area contributed by atoms with Crippen LogP contribution in [0.3, 0.4) is 0 Å². The van der Waals surface area contributed by atoms with Gasteiger partial charge in [-0.2, -0.15) is 0 Å². The van der Waals surface area contributed by atoms with E-state index in [4.69, 9.17) is 11.6 Å². The lowest BCUT2D eigenvalue weighted by Gasteiger charge is -2.03. The highest BCUT2D eigenvalue weighted by atomic mass is 35.5. The van der Waals surface area contributed by atoms with Crippen molar-refractivity contribution in [1.82, 2.24) is 15.3 Å². The first-order valence-electron chi connectivity index (χ1n) is 5.62. The number of rotatable bonds is 4. The van der Waals surface area contributed by atoms with Crippen molar-refractivity contribution in [2.45, 2.75) is 25.4 Å². The number of thiophene rings is 1. The second-order valence-corrected chi connectivity index (χ2v) is 5.83. The molecule has 0 saturated heterocycles. The predicted octanol–water partition coefficient (Wildman–Crippen LogP) is 3.11. The summed E-state index contributed by atoms with van der Waals surface area (Å²) >= 11 is 7.46. The van der Waals surface area contributed by atoms with Gasteiger partial charge in [-0.05, 0) is 31.0 Å². The molecule has 2 aromatic rings. The van der Waals surface area contributed by atoms with Crippen LogP contribution in [-0.4, -0.2) is 16.0 Å². The summed E-state index contributed by atoms with van der Waals surface area (Å²) in [6.45, 7) is 0.748. The zero-order chi connectivity index (χ0) is 11.7. The molecule has 1 N–H and O–H groups in total. The normalized spacial score (nSPS) is 15.1. The van der Waals surface area contributed by atoms with Crippen LogP contribution in [-0.2, 0) is 6.54 Å². The minimum Gasteiger partial charge on any atom is -0.307 e. The summed E-state index contributed by atoms with van der Waals surface area (Å²) in [6, 6.07) is 6.49. The van der Waals surface area contributed by atoms with Gasteiger partial charge in [-0.1, -0.05) is 11.6 Å². The predicted molar refractivity (Wildman–Crippen MR) is 70.2 cm³/mol. The summed E-state index contributed by atoms with van der Waals surface area (Å²) in [7, 11) is 0. The van der Waals surface area contributed by atoms with E-state index in [9.17, 15) is 0 Å². The number of nitrogens with zero attached hydrogens (tertiary/aromatic N) is 2. The molecular formula is C12H12ClN3S. The van der Waals surface area contributed by atoms with Crippen molar-refractivity contribution in [1.29, 1.82) is 0 Å². The molecular weight excluding hydrogens is 254 g/mol. The molecule has 1 fully saturated rings. The van der Waals surface area contributed by atoms with Gasteiger partial charge in [0, 0.05) is 12.2 Å². The third-order valence-corrected chi connectivity index (χ3v) is 3.91. The molecule has 1 saturated carbocycles. The largest absolute Gasteiger partial charge is 0.307 e. The van der Waals surface area contributed by atoms with E-state index in [0.29, 0.717) is 6.04 Å². The maximum atomic E-state index is 5.92. The van der Waals surface area contributed by atoms with Crippen molar-refractivity contribution in [3.8, 4) is 10.6 Å². The highest BCUT2D eigenvalue weighted by Gasteiger charge is 2.20. The van der Waals surface area contributed by atoms with Crippen molar-refractivity contribution in [3.63, 3.8) is 0 Å². The summed E-state index contributed by atoms with van der Waals surface area (Å²) < 4.78 is 0.788. The van der Waals surface area contributed by atoms with Gasteiger partial charge in [-0.3, -0.25) is 0 Å². The van der Waals surface area contributed by atoms with E-state index in [0.717, 1.165) is 27.3 Å². The van der Waals surface area contributed by atoms with Gasteiger partial charge in [0.25, 0.3) is 0 Å². The standard InChI is InChI=1S/C12H12ClN3S/c13-11-4-3-10(17-11)9-5-6-14-12(16-9)7-15-8-1-2-8/h3-6,8,15H,1-2,7H2. The maximum absolute atomic E-state index is 5.92. The second kappa shape index (κ2) is 4.72. The molecule has 5 heteroatoms. The van der Waals surface area contributed by atoms with Gasteiger partial charge in [-0.25, -0.2) is 9.97 Å². The first-order valence-corrected chi connectivity index (χ1v) is 6.82. The van der Waals surface area contributed by atoms with Crippen LogP contribution in [0, 0.1) is 0 Å². The summed E-state index contributed by atoms with van der Waals surface area (Å²) in [4.78, 5) is 9.89. The Balaban J connectivity index is 1.77. The Hall–Kier alpha value is -0.970. The molecule has 0 atom stereocenters. The van der Waals surface area contributed by atoms with Gasteiger partial charge in [-0.15, -0.1) is 11.3 Å². The van der Waals surface area contributed by atoms with Crippen LogP contribution in [0.25, 0.3) is 10.6 Å². The van der Waals surface area contributed by atoms with Crippen LogP contribution in [0.15, 0.2) is 24.4 Å². The van der Waals surface area contributed by atoms with Crippen LogP contribution < -0.4 is 5.32 Å². The number of hydrogen-bond donors (Lipinski definition) is 1. The Morgan fingerprint density at radius 3 is 2.94 bits per heavy atom. The van der Waals surface area contributed by atoms with Gasteiger partial charge in [0.2, 0.25) is 0 Å².